The summed E-state index contributed by atoms with van der Waals surface area (Å²) < 4.78 is 6.46. The van der Waals surface area contributed by atoms with E-state index in [4.69, 9.17) is 9.57 Å². The molecule has 0 aromatic carbocycles. The number of likely N-dealkylation sites (N-methyl/N-ethyl adjacent to an activating group) is 1. The second kappa shape index (κ2) is 18.9. The van der Waals surface area contributed by atoms with Crippen LogP contribution in [-0.2, 0) is 19.2 Å². The Kier molecular flexibility index (Phi) is 14.9. The van der Waals surface area contributed by atoms with Gasteiger partial charge >= 0.3 is 0 Å². The fourth-order valence-corrected chi connectivity index (χ4v) is 13.2. The van der Waals surface area contributed by atoms with Crippen molar-refractivity contribution < 1.29 is 29.4 Å². The Morgan fingerprint density at radius 1 is 0.964 bits per heavy atom. The van der Waals surface area contributed by atoms with Crippen LogP contribution >= 0.6 is 0 Å². The second-order valence-corrected chi connectivity index (χ2v) is 20.8. The first-order valence-electron chi connectivity index (χ1n) is 22.8. The molecular weight excluding hydrogens is 707 g/mol. The number of hydrogen-bond donors (Lipinski definition) is 4. The quantitative estimate of drug-likeness (QED) is 0.183. The maximum atomic E-state index is 14.4. The van der Waals surface area contributed by atoms with Gasteiger partial charge in [-0.05, 0) is 127 Å². The van der Waals surface area contributed by atoms with E-state index >= 15 is 0 Å². The van der Waals surface area contributed by atoms with E-state index in [0.29, 0.717) is 47.6 Å². The van der Waals surface area contributed by atoms with E-state index in [0.717, 1.165) is 57.9 Å². The summed E-state index contributed by atoms with van der Waals surface area (Å²) in [6.45, 7) is 9.84. The van der Waals surface area contributed by atoms with Crippen LogP contribution < -0.4 is 10.6 Å². The lowest BCUT2D eigenvalue weighted by Crippen LogP contribution is -2.62. The molecule has 4 N–H and O–H groups in total. The Balaban J connectivity index is 1.15. The first kappa shape index (κ1) is 44.2. The number of hydrogen-bond acceptors (Lipinski definition) is 9. The van der Waals surface area contributed by atoms with Gasteiger partial charge in [-0.1, -0.05) is 59.3 Å². The fraction of sp³-hybridized carbons (Fsp3) is 0.956. The Morgan fingerprint density at radius 2 is 1.70 bits per heavy atom. The summed E-state index contributed by atoms with van der Waals surface area (Å²) in [5.41, 5.74) is 0.317. The summed E-state index contributed by atoms with van der Waals surface area (Å²) in [7, 11) is 10.4. The van der Waals surface area contributed by atoms with Crippen LogP contribution in [0.5, 0.6) is 0 Å². The topological polar surface area (TPSA) is 127 Å². The van der Waals surface area contributed by atoms with Gasteiger partial charge in [0.2, 0.25) is 11.8 Å². The van der Waals surface area contributed by atoms with Gasteiger partial charge in [-0.15, -0.1) is 0 Å². The molecule has 0 aromatic rings. The highest BCUT2D eigenvalue weighted by atomic mass is 16.7. The zero-order chi connectivity index (χ0) is 40.5. The van der Waals surface area contributed by atoms with E-state index in [-0.39, 0.29) is 54.4 Å². The Labute approximate surface area is 339 Å². The van der Waals surface area contributed by atoms with Crippen molar-refractivity contribution in [3.8, 4) is 0 Å². The van der Waals surface area contributed by atoms with Crippen LogP contribution in [0.2, 0.25) is 0 Å². The van der Waals surface area contributed by atoms with Gasteiger partial charge in [0, 0.05) is 56.1 Å². The molecular formula is C45H81N5O6. The number of hydroxylamine groups is 2. The van der Waals surface area contributed by atoms with Crippen LogP contribution in [-0.4, -0.2) is 134 Å². The number of nitrogens with one attached hydrogen (secondary N) is 2. The first-order chi connectivity index (χ1) is 26.6. The minimum atomic E-state index is -0.824. The number of fused-ring (bicyclic) bond motifs is 2. The van der Waals surface area contributed by atoms with Gasteiger partial charge in [0.1, 0.15) is 12.1 Å². The third kappa shape index (κ3) is 9.65. The average molecular weight is 788 g/mol. The molecule has 322 valence electrons. The smallest absolute Gasteiger partial charge is 0.240 e. The Bertz CT molecular complexity index is 1290. The van der Waals surface area contributed by atoms with Crippen molar-refractivity contribution >= 4 is 11.8 Å². The van der Waals surface area contributed by atoms with Gasteiger partial charge in [0.15, 0.2) is 0 Å². The molecule has 7 rings (SSSR count). The zero-order valence-corrected chi connectivity index (χ0v) is 36.6. The monoisotopic (exact) mass is 788 g/mol. The van der Waals surface area contributed by atoms with Crippen LogP contribution in [0, 0.1) is 58.7 Å². The summed E-state index contributed by atoms with van der Waals surface area (Å²) in [6.07, 6.45) is 14.1. The molecule has 1 saturated heterocycles. The van der Waals surface area contributed by atoms with Gasteiger partial charge in [0.25, 0.3) is 0 Å². The molecule has 6 aliphatic carbocycles. The highest BCUT2D eigenvalue weighted by molar-refractivity contribution is 5.83. The van der Waals surface area contributed by atoms with Crippen molar-refractivity contribution in [3.63, 3.8) is 0 Å². The Morgan fingerprint density at radius 3 is 2.30 bits per heavy atom. The van der Waals surface area contributed by atoms with E-state index in [1.165, 1.54) is 38.5 Å². The lowest BCUT2D eigenvalue weighted by Gasteiger charge is -2.62. The molecule has 6 saturated carbocycles. The SMILES string of the molecule is COC1C(CN2O[C@@H](CO)[C@H]([C@H](C)O)[C@H]2C(=O)N[C@H]2C[C@H]3C[C@@H]([C@@H]2C)C3(C)C)CCCC1C1CC(C(=O)N[C@@H](CC2CCCCC2)CN(C)C)CC(N(C)C)C1. The summed E-state index contributed by atoms with van der Waals surface area (Å²) in [4.78, 5) is 39.6. The summed E-state index contributed by atoms with van der Waals surface area (Å²) in [6, 6.07) is -0.115. The van der Waals surface area contributed by atoms with Gasteiger partial charge in [-0.2, -0.15) is 5.06 Å². The standard InChI is InChI=1S/C45H81N5O6/c1-27-37-22-33(45(37,3)4)23-38(27)47-44(54)41-40(28(2)52)39(26-51)56-50(41)24-30-16-13-17-36(42(30)55-9)31-19-32(21-35(20-31)49(7)8)43(53)46-34(25-48(5)6)18-29-14-11-10-12-15-29/h27-42,51-52H,10-26H2,1-9H3,(H,46,53)(H,47,54)/t27-,28-,30?,31?,32?,33+,34-,35?,36?,37-,38-,39-,40-,41-,42?/m0/s1. The molecule has 56 heavy (non-hydrogen) atoms. The number of aliphatic hydroxyl groups is 2. The largest absolute Gasteiger partial charge is 0.394 e. The molecule has 0 aromatic heterocycles. The predicted octanol–water partition coefficient (Wildman–Crippen LogP) is 4.94. The maximum absolute atomic E-state index is 14.4. The van der Waals surface area contributed by atoms with Crippen LogP contribution in [0.25, 0.3) is 0 Å². The Hall–Kier alpha value is -1.34. The van der Waals surface area contributed by atoms with E-state index < -0.39 is 24.2 Å². The van der Waals surface area contributed by atoms with Crippen molar-refractivity contribution in [3.05, 3.63) is 0 Å². The lowest BCUT2D eigenvalue weighted by molar-refractivity contribution is -0.193. The normalized spacial score (nSPS) is 40.3. The second-order valence-electron chi connectivity index (χ2n) is 20.8. The summed E-state index contributed by atoms with van der Waals surface area (Å²) in [5.74, 6) is 2.55. The third-order valence-electron chi connectivity index (χ3n) is 16.4. The number of nitrogens with zero attached hydrogens (tertiary/aromatic N) is 3. The highest BCUT2D eigenvalue weighted by Gasteiger charge is 2.58. The number of aliphatic hydroxyl groups excluding tert-OH is 2. The van der Waals surface area contributed by atoms with Crippen LogP contribution in [0.3, 0.4) is 0 Å². The van der Waals surface area contributed by atoms with E-state index in [1.54, 1.807) is 6.92 Å². The van der Waals surface area contributed by atoms with Crippen molar-refractivity contribution in [1.82, 2.24) is 25.5 Å². The van der Waals surface area contributed by atoms with Crippen LogP contribution in [0.1, 0.15) is 118 Å². The van der Waals surface area contributed by atoms with Crippen molar-refractivity contribution in [1.29, 1.82) is 0 Å². The molecule has 7 fully saturated rings. The number of carbonyl (C=O) groups excluding carboxylic acids is 2. The molecule has 1 aliphatic heterocycles. The zero-order valence-electron chi connectivity index (χ0n) is 36.6. The first-order valence-corrected chi connectivity index (χ1v) is 22.8. The molecule has 0 spiro atoms. The molecule has 0 radical (unpaired) electrons. The van der Waals surface area contributed by atoms with Gasteiger partial charge in [-0.3, -0.25) is 14.4 Å². The van der Waals surface area contributed by atoms with E-state index in [9.17, 15) is 19.8 Å². The molecule has 1 heterocycles. The highest BCUT2D eigenvalue weighted by Crippen LogP contribution is 2.61. The van der Waals surface area contributed by atoms with Gasteiger partial charge < -0.3 is 35.4 Å². The predicted molar refractivity (Wildman–Crippen MR) is 220 cm³/mol. The van der Waals surface area contributed by atoms with Crippen molar-refractivity contribution in [2.45, 2.75) is 160 Å². The molecule has 6 unspecified atom stereocenters. The number of methoxy groups -OCH3 is 1. The number of carbonyl (C=O) groups is 2. The number of rotatable bonds is 15. The maximum Gasteiger partial charge on any atom is 0.240 e. The number of amides is 2. The van der Waals surface area contributed by atoms with Crippen molar-refractivity contribution in [2.75, 3.05) is 55.0 Å². The molecule has 11 heteroatoms. The number of ether oxygens (including phenoxy) is 1. The third-order valence-corrected chi connectivity index (χ3v) is 16.4. The molecule has 2 amide bonds. The minimum Gasteiger partial charge on any atom is -0.394 e. The summed E-state index contributed by atoms with van der Waals surface area (Å²) in [5, 5.41) is 30.3. The van der Waals surface area contributed by atoms with E-state index in [2.05, 4.69) is 69.4 Å². The average Bonchev–Trinajstić information content (AvgIpc) is 3.53. The van der Waals surface area contributed by atoms with Crippen LogP contribution in [0.15, 0.2) is 0 Å². The van der Waals surface area contributed by atoms with E-state index in [1.807, 2.05) is 12.2 Å². The molecule has 15 atom stereocenters. The van der Waals surface area contributed by atoms with Crippen molar-refractivity contribution in [2.24, 2.45) is 58.7 Å². The van der Waals surface area contributed by atoms with Gasteiger partial charge in [-0.25, -0.2) is 0 Å². The molecule has 11 nitrogen and oxygen atoms in total. The van der Waals surface area contributed by atoms with Gasteiger partial charge in [0.05, 0.1) is 18.8 Å². The minimum absolute atomic E-state index is 0.0408. The van der Waals surface area contributed by atoms with Crippen LogP contribution in [0.4, 0.5) is 0 Å². The molecule has 7 aliphatic rings. The lowest BCUT2D eigenvalue weighted by atomic mass is 9.45. The summed E-state index contributed by atoms with van der Waals surface area (Å²) >= 11 is 0. The fourth-order valence-electron chi connectivity index (χ4n) is 13.2. The molecule has 2 bridgehead atoms.